The Morgan fingerprint density at radius 2 is 1.52 bits per heavy atom. The van der Waals surface area contributed by atoms with Crippen LogP contribution < -0.4 is 5.73 Å². The minimum absolute atomic E-state index is 0.0197. The topological polar surface area (TPSA) is 55.4 Å². The van der Waals surface area contributed by atoms with Crippen molar-refractivity contribution in [1.29, 1.82) is 0 Å². The van der Waals surface area contributed by atoms with Crippen molar-refractivity contribution >= 4 is 22.9 Å². The minimum atomic E-state index is -0.231. The average molecular weight is 310 g/mol. The van der Waals surface area contributed by atoms with E-state index in [1.165, 1.54) is 0 Å². The van der Waals surface area contributed by atoms with Crippen LogP contribution in [0.2, 0.25) is 0 Å². The van der Waals surface area contributed by atoms with Gasteiger partial charge in [-0.2, -0.15) is 0 Å². The van der Waals surface area contributed by atoms with Crippen LogP contribution in [0, 0.1) is 10.8 Å². The molecule has 0 saturated heterocycles. The van der Waals surface area contributed by atoms with Gasteiger partial charge in [0.2, 0.25) is 5.78 Å². The zero-order valence-electron chi connectivity index (χ0n) is 14.9. The summed E-state index contributed by atoms with van der Waals surface area (Å²) in [7, 11) is 0. The molecule has 0 amide bonds. The fraction of sp³-hybridized carbons (Fsp3) is 0.400. The molecule has 0 heterocycles. The van der Waals surface area contributed by atoms with Gasteiger partial charge in [0, 0.05) is 5.57 Å². The van der Waals surface area contributed by atoms with E-state index in [1.807, 2.05) is 30.4 Å². The van der Waals surface area contributed by atoms with Crippen LogP contribution in [0.4, 0.5) is 11.4 Å². The summed E-state index contributed by atoms with van der Waals surface area (Å²) in [6.45, 7) is 12.6. The van der Waals surface area contributed by atoms with Crippen LogP contribution in [-0.2, 0) is 4.79 Å². The number of aliphatic imine (C=N–C) groups is 1. The molecule has 0 bridgehead atoms. The first-order valence-corrected chi connectivity index (χ1v) is 7.92. The molecule has 3 nitrogen and oxygen atoms in total. The number of hydrogen-bond donors (Lipinski definition) is 1. The number of nitrogens with zero attached hydrogens (tertiary/aromatic N) is 1. The fourth-order valence-corrected chi connectivity index (χ4v) is 2.41. The molecule has 23 heavy (non-hydrogen) atoms. The zero-order valence-corrected chi connectivity index (χ0v) is 14.9. The largest absolute Gasteiger partial charge is 0.397 e. The Hall–Kier alpha value is -2.16. The maximum Gasteiger partial charge on any atom is 0.207 e. The number of nitrogen functional groups attached to an aromatic ring is 1. The maximum absolute atomic E-state index is 12.9. The van der Waals surface area contributed by atoms with Crippen molar-refractivity contribution in [2.24, 2.45) is 15.8 Å². The van der Waals surface area contributed by atoms with Gasteiger partial charge < -0.3 is 5.73 Å². The summed E-state index contributed by atoms with van der Waals surface area (Å²) in [5.74, 6) is -0.0197. The summed E-state index contributed by atoms with van der Waals surface area (Å²) in [5.41, 5.74) is 9.25. The third-order valence-corrected chi connectivity index (χ3v) is 3.92. The van der Waals surface area contributed by atoms with Crippen LogP contribution in [0.15, 0.2) is 52.6 Å². The summed E-state index contributed by atoms with van der Waals surface area (Å²) < 4.78 is 0. The van der Waals surface area contributed by atoms with Gasteiger partial charge in [-0.15, -0.1) is 0 Å². The number of hydrogen-bond acceptors (Lipinski definition) is 3. The van der Waals surface area contributed by atoms with E-state index < -0.39 is 0 Å². The van der Waals surface area contributed by atoms with Gasteiger partial charge in [-0.1, -0.05) is 59.8 Å². The van der Waals surface area contributed by atoms with Crippen LogP contribution in [0.25, 0.3) is 0 Å². The second-order valence-electron chi connectivity index (χ2n) is 8.04. The van der Waals surface area contributed by atoms with Gasteiger partial charge in [-0.05, 0) is 34.6 Å². The molecule has 0 atom stereocenters. The minimum Gasteiger partial charge on any atom is -0.397 e. The van der Waals surface area contributed by atoms with E-state index in [9.17, 15) is 4.79 Å². The predicted molar refractivity (Wildman–Crippen MR) is 98.0 cm³/mol. The molecule has 3 heteroatoms. The quantitative estimate of drug-likeness (QED) is 0.594. The van der Waals surface area contributed by atoms with Gasteiger partial charge in [0.1, 0.15) is 5.71 Å². The highest BCUT2D eigenvalue weighted by Crippen LogP contribution is 2.36. The first-order chi connectivity index (χ1) is 10.5. The number of carbonyl (C=O) groups excluding carboxylic acids is 1. The van der Waals surface area contributed by atoms with Crippen molar-refractivity contribution in [3.8, 4) is 0 Å². The second-order valence-corrected chi connectivity index (χ2v) is 8.04. The summed E-state index contributed by atoms with van der Waals surface area (Å²) in [6, 6.07) is 7.35. The predicted octanol–water partition coefficient (Wildman–Crippen LogP) is 4.87. The number of Topliss-reactive ketones (excluding diaryl/α,β-unsaturated/α-hetero) is 1. The van der Waals surface area contributed by atoms with E-state index in [4.69, 9.17) is 5.73 Å². The summed E-state index contributed by atoms with van der Waals surface area (Å²) in [4.78, 5) is 17.4. The van der Waals surface area contributed by atoms with Crippen LogP contribution in [0.5, 0.6) is 0 Å². The van der Waals surface area contributed by atoms with Gasteiger partial charge in [0.25, 0.3) is 0 Å². The van der Waals surface area contributed by atoms with Gasteiger partial charge in [0.05, 0.1) is 11.4 Å². The summed E-state index contributed by atoms with van der Waals surface area (Å²) in [5, 5.41) is 0. The number of allylic oxidation sites excluding steroid dienone is 4. The Balaban J connectivity index is 2.61. The van der Waals surface area contributed by atoms with E-state index in [1.54, 1.807) is 6.07 Å². The number of carbonyl (C=O) groups is 1. The van der Waals surface area contributed by atoms with Crippen molar-refractivity contribution in [3.05, 3.63) is 47.6 Å². The average Bonchev–Trinajstić information content (AvgIpc) is 2.40. The molecule has 0 aromatic heterocycles. The Labute approximate surface area is 139 Å². The van der Waals surface area contributed by atoms with E-state index in [0.717, 1.165) is 11.1 Å². The smallest absolute Gasteiger partial charge is 0.207 e. The molecule has 2 N–H and O–H groups in total. The monoisotopic (exact) mass is 310 g/mol. The molecule has 0 saturated carbocycles. The normalized spacial score (nSPS) is 18.0. The Kier molecular flexibility index (Phi) is 4.34. The lowest BCUT2D eigenvalue weighted by Gasteiger charge is -2.30. The third kappa shape index (κ3) is 3.79. The van der Waals surface area contributed by atoms with Gasteiger partial charge in [-0.25, -0.2) is 4.99 Å². The van der Waals surface area contributed by atoms with Gasteiger partial charge in [0.15, 0.2) is 0 Å². The highest BCUT2D eigenvalue weighted by molar-refractivity contribution is 6.51. The molecule has 1 aromatic rings. The molecule has 1 aliphatic carbocycles. The van der Waals surface area contributed by atoms with Crippen LogP contribution in [0.3, 0.4) is 0 Å². The molecular weight excluding hydrogens is 284 g/mol. The Morgan fingerprint density at radius 3 is 2.04 bits per heavy atom. The summed E-state index contributed by atoms with van der Waals surface area (Å²) >= 11 is 0. The van der Waals surface area contributed by atoms with Gasteiger partial charge >= 0.3 is 0 Å². The second kappa shape index (κ2) is 5.80. The van der Waals surface area contributed by atoms with E-state index in [2.05, 4.69) is 46.5 Å². The van der Waals surface area contributed by atoms with E-state index >= 15 is 0 Å². The first kappa shape index (κ1) is 17.2. The molecule has 1 aliphatic rings. The van der Waals surface area contributed by atoms with Crippen LogP contribution in [0.1, 0.15) is 41.5 Å². The molecule has 2 rings (SSSR count). The zero-order chi connectivity index (χ0) is 17.4. The molecule has 122 valence electrons. The number of rotatable bonds is 1. The number of anilines is 1. The van der Waals surface area contributed by atoms with Crippen LogP contribution >= 0.6 is 0 Å². The number of nitrogens with two attached hydrogens (primary N) is 1. The lowest BCUT2D eigenvalue weighted by Crippen LogP contribution is -2.29. The van der Waals surface area contributed by atoms with Gasteiger partial charge in [-0.3, -0.25) is 4.79 Å². The van der Waals surface area contributed by atoms with Crippen molar-refractivity contribution < 1.29 is 4.79 Å². The maximum atomic E-state index is 12.9. The third-order valence-electron chi connectivity index (χ3n) is 3.92. The molecule has 0 fully saturated rings. The Morgan fingerprint density at radius 1 is 0.913 bits per heavy atom. The lowest BCUT2D eigenvalue weighted by molar-refractivity contribution is -0.110. The molecular formula is C20H26N2O. The molecule has 0 spiro atoms. The molecule has 0 unspecified atom stereocenters. The number of para-hydroxylation sites is 2. The van der Waals surface area contributed by atoms with E-state index in [-0.39, 0.29) is 16.6 Å². The lowest BCUT2D eigenvalue weighted by atomic mass is 9.74. The van der Waals surface area contributed by atoms with Crippen molar-refractivity contribution in [2.75, 3.05) is 5.73 Å². The highest BCUT2D eigenvalue weighted by atomic mass is 16.1. The molecule has 0 aliphatic heterocycles. The van der Waals surface area contributed by atoms with E-state index in [0.29, 0.717) is 17.1 Å². The SMILES string of the molecule is CC(C)(C)C1=CC(=Nc2ccccc2N)C(=O)C(C(C)(C)C)=C1. The summed E-state index contributed by atoms with van der Waals surface area (Å²) in [6.07, 6.45) is 3.92. The number of ketones is 1. The molecule has 0 radical (unpaired) electrons. The van der Waals surface area contributed by atoms with Crippen molar-refractivity contribution in [2.45, 2.75) is 41.5 Å². The van der Waals surface area contributed by atoms with Crippen molar-refractivity contribution in [1.82, 2.24) is 0 Å². The molecule has 1 aromatic carbocycles. The number of benzene rings is 1. The fourth-order valence-electron chi connectivity index (χ4n) is 2.41. The standard InChI is InChI=1S/C20H26N2O/c1-19(2,3)13-11-14(20(4,5)6)18(23)17(12-13)22-16-10-8-7-9-15(16)21/h7-12H,21H2,1-6H3. The van der Waals surface area contributed by atoms with Crippen molar-refractivity contribution in [3.63, 3.8) is 0 Å². The first-order valence-electron chi connectivity index (χ1n) is 7.92. The Bertz CT molecular complexity index is 723. The highest BCUT2D eigenvalue weighted by Gasteiger charge is 2.32. The van der Waals surface area contributed by atoms with Crippen LogP contribution in [-0.4, -0.2) is 11.5 Å².